The Labute approximate surface area is 272 Å². The Morgan fingerprint density at radius 1 is 0.595 bits per heavy atom. The van der Waals surface area contributed by atoms with Crippen molar-refractivity contribution in [2.24, 2.45) is 0 Å². The molecule has 0 saturated carbocycles. The van der Waals surface area contributed by atoms with Crippen LogP contribution in [0.4, 0.5) is 0 Å². The molecule has 6 nitrogen and oxygen atoms in total. The quantitative estimate of drug-likeness (QED) is 0.140. The van der Waals surface area contributed by atoms with Crippen LogP contribution in [0.5, 0.6) is 11.5 Å². The zero-order valence-corrected chi connectivity index (χ0v) is 27.2. The lowest BCUT2D eigenvalue weighted by Crippen LogP contribution is -2.43. The van der Waals surface area contributed by atoms with Crippen LogP contribution in [-0.4, -0.2) is 47.9 Å². The second-order valence-electron chi connectivity index (χ2n) is 9.33. The highest BCUT2D eigenvalue weighted by molar-refractivity contribution is 9.10. The fourth-order valence-corrected chi connectivity index (χ4v) is 5.53. The van der Waals surface area contributed by atoms with E-state index in [0.717, 1.165) is 20.1 Å². The number of amides is 2. The number of ether oxygens (including phenoxy) is 2. The molecule has 4 aromatic rings. The summed E-state index contributed by atoms with van der Waals surface area (Å²) < 4.78 is 13.2. The van der Waals surface area contributed by atoms with Crippen LogP contribution in [0.25, 0.3) is 0 Å². The van der Waals surface area contributed by atoms with Crippen LogP contribution in [-0.2, 0) is 22.7 Å². The van der Waals surface area contributed by atoms with E-state index in [1.807, 2.05) is 60.7 Å². The summed E-state index contributed by atoms with van der Waals surface area (Å²) in [5, 5.41) is 0.801. The van der Waals surface area contributed by atoms with E-state index >= 15 is 0 Å². The van der Waals surface area contributed by atoms with Gasteiger partial charge in [0.25, 0.3) is 11.8 Å². The first-order chi connectivity index (χ1) is 20.3. The zero-order valence-electron chi connectivity index (χ0n) is 22.5. The van der Waals surface area contributed by atoms with Crippen molar-refractivity contribution >= 4 is 66.9 Å². The number of halogens is 4. The van der Waals surface area contributed by atoms with Crippen LogP contribution in [0.1, 0.15) is 11.1 Å². The summed E-state index contributed by atoms with van der Waals surface area (Å²) >= 11 is 19.3. The second kappa shape index (κ2) is 16.0. The Morgan fingerprint density at radius 2 is 0.976 bits per heavy atom. The molecule has 4 rings (SSSR count). The summed E-state index contributed by atoms with van der Waals surface area (Å²) in [7, 11) is 0. The molecule has 0 bridgehead atoms. The maximum Gasteiger partial charge on any atom is 0.260 e. The number of nitrogens with zero attached hydrogens (tertiary/aromatic N) is 2. The number of hydrogen-bond donors (Lipinski definition) is 0. The van der Waals surface area contributed by atoms with Gasteiger partial charge in [0.05, 0.1) is 10.0 Å². The first-order valence-corrected chi connectivity index (χ1v) is 15.4. The molecule has 0 aliphatic carbocycles. The predicted molar refractivity (Wildman–Crippen MR) is 173 cm³/mol. The molecule has 218 valence electrons. The minimum atomic E-state index is -0.233. The molecule has 0 fully saturated rings. The summed E-state index contributed by atoms with van der Waals surface area (Å²) in [6.45, 7) is 0.870. The minimum absolute atomic E-state index is 0.202. The molecule has 0 saturated heterocycles. The van der Waals surface area contributed by atoms with Crippen molar-refractivity contribution in [1.29, 1.82) is 0 Å². The number of carbonyl (C=O) groups is 2. The zero-order chi connectivity index (χ0) is 29.9. The smallest absolute Gasteiger partial charge is 0.260 e. The number of rotatable bonds is 13. The predicted octanol–water partition coefficient (Wildman–Crippen LogP) is 8.03. The highest BCUT2D eigenvalue weighted by Crippen LogP contribution is 2.29. The maximum atomic E-state index is 13.4. The van der Waals surface area contributed by atoms with Crippen LogP contribution < -0.4 is 9.47 Å². The largest absolute Gasteiger partial charge is 0.482 e. The van der Waals surface area contributed by atoms with Crippen LogP contribution in [0, 0.1) is 0 Å². The fraction of sp³-hybridized carbons (Fsp3) is 0.188. The topological polar surface area (TPSA) is 59.1 Å². The average Bonchev–Trinajstić information content (AvgIpc) is 2.98. The van der Waals surface area contributed by atoms with Gasteiger partial charge in [0.15, 0.2) is 13.2 Å². The van der Waals surface area contributed by atoms with E-state index in [-0.39, 0.29) is 38.1 Å². The molecule has 2 amide bonds. The van der Waals surface area contributed by atoms with E-state index in [4.69, 9.17) is 32.7 Å². The molecule has 0 spiro atoms. The van der Waals surface area contributed by atoms with Gasteiger partial charge in [-0.15, -0.1) is 0 Å². The molecule has 42 heavy (non-hydrogen) atoms. The van der Waals surface area contributed by atoms with Crippen molar-refractivity contribution in [1.82, 2.24) is 9.80 Å². The van der Waals surface area contributed by atoms with Crippen LogP contribution in [0.15, 0.2) is 106 Å². The van der Waals surface area contributed by atoms with E-state index in [9.17, 15) is 9.59 Å². The molecule has 0 aliphatic heterocycles. The van der Waals surface area contributed by atoms with Crippen molar-refractivity contribution < 1.29 is 19.1 Å². The van der Waals surface area contributed by atoms with Gasteiger partial charge < -0.3 is 19.3 Å². The van der Waals surface area contributed by atoms with E-state index < -0.39 is 0 Å². The lowest BCUT2D eigenvalue weighted by Gasteiger charge is -2.28. The third kappa shape index (κ3) is 9.76. The third-order valence-electron chi connectivity index (χ3n) is 6.27. The molecule has 4 aromatic carbocycles. The van der Waals surface area contributed by atoms with Crippen molar-refractivity contribution in [3.05, 3.63) is 127 Å². The minimum Gasteiger partial charge on any atom is -0.482 e. The maximum absolute atomic E-state index is 13.4. The number of benzene rings is 4. The summed E-state index contributed by atoms with van der Waals surface area (Å²) in [6.07, 6.45) is 0. The Morgan fingerprint density at radius 3 is 1.33 bits per heavy atom. The van der Waals surface area contributed by atoms with Gasteiger partial charge in [-0.2, -0.15) is 0 Å². The molecule has 0 heterocycles. The normalized spacial score (nSPS) is 10.7. The standard InChI is InChI=1S/C32H28Br2Cl2N2O4/c33-25-11-13-29(27(35)17-25)41-21-31(39)37(19-23-7-3-1-4-8-23)15-16-38(20-24-9-5-2-6-10-24)32(40)22-42-30-14-12-26(34)18-28(30)36/h1-14,17-18H,15-16,19-22H2. The second-order valence-corrected chi connectivity index (χ2v) is 12.0. The van der Waals surface area contributed by atoms with Gasteiger partial charge in [0.1, 0.15) is 11.5 Å². The van der Waals surface area contributed by atoms with E-state index in [1.54, 1.807) is 46.2 Å². The van der Waals surface area contributed by atoms with E-state index in [2.05, 4.69) is 31.9 Å². The number of hydrogen-bond acceptors (Lipinski definition) is 4. The molecular formula is C32H28Br2Cl2N2O4. The molecule has 0 radical (unpaired) electrons. The lowest BCUT2D eigenvalue weighted by molar-refractivity contribution is -0.138. The summed E-state index contributed by atoms with van der Waals surface area (Å²) in [4.78, 5) is 30.2. The SMILES string of the molecule is O=C(COc1ccc(Br)cc1Cl)N(CCN(Cc1ccccc1)C(=O)COc1ccc(Br)cc1Cl)Cc1ccccc1. The third-order valence-corrected chi connectivity index (χ3v) is 7.85. The van der Waals surface area contributed by atoms with E-state index in [1.165, 1.54) is 0 Å². The molecule has 0 aromatic heterocycles. The summed E-state index contributed by atoms with van der Waals surface area (Å²) in [6, 6.07) is 29.8. The number of carbonyl (C=O) groups excluding carboxylic acids is 2. The highest BCUT2D eigenvalue weighted by Gasteiger charge is 2.21. The average molecular weight is 735 g/mol. The highest BCUT2D eigenvalue weighted by atomic mass is 79.9. The van der Waals surface area contributed by atoms with Crippen LogP contribution >= 0.6 is 55.1 Å². The Hall–Kier alpha value is -3.04. The van der Waals surface area contributed by atoms with Crippen LogP contribution in [0.2, 0.25) is 10.0 Å². The molecule has 0 N–H and O–H groups in total. The van der Waals surface area contributed by atoms with Crippen LogP contribution in [0.3, 0.4) is 0 Å². The summed E-state index contributed by atoms with van der Waals surface area (Å²) in [5.74, 6) is 0.362. The van der Waals surface area contributed by atoms with Crippen molar-refractivity contribution in [2.75, 3.05) is 26.3 Å². The van der Waals surface area contributed by atoms with Gasteiger partial charge in [-0.25, -0.2) is 0 Å². The molecule has 0 atom stereocenters. The van der Waals surface area contributed by atoms with Gasteiger partial charge in [-0.1, -0.05) is 116 Å². The van der Waals surface area contributed by atoms with Crippen molar-refractivity contribution in [2.45, 2.75) is 13.1 Å². The summed E-state index contributed by atoms with van der Waals surface area (Å²) in [5.41, 5.74) is 1.92. The van der Waals surface area contributed by atoms with Gasteiger partial charge in [-0.3, -0.25) is 9.59 Å². The molecular weight excluding hydrogens is 707 g/mol. The Kier molecular flexibility index (Phi) is 12.1. The first-order valence-electron chi connectivity index (χ1n) is 13.1. The molecule has 0 unspecified atom stereocenters. The fourth-order valence-electron chi connectivity index (χ4n) is 4.08. The van der Waals surface area contributed by atoms with Gasteiger partial charge >= 0.3 is 0 Å². The van der Waals surface area contributed by atoms with Gasteiger partial charge in [0, 0.05) is 35.1 Å². The van der Waals surface area contributed by atoms with Crippen molar-refractivity contribution in [3.8, 4) is 11.5 Å². The van der Waals surface area contributed by atoms with E-state index in [0.29, 0.717) is 34.6 Å². The Balaban J connectivity index is 1.47. The van der Waals surface area contributed by atoms with Crippen molar-refractivity contribution in [3.63, 3.8) is 0 Å². The lowest BCUT2D eigenvalue weighted by atomic mass is 10.2. The monoisotopic (exact) mass is 732 g/mol. The van der Waals surface area contributed by atoms with Gasteiger partial charge in [0.2, 0.25) is 0 Å². The molecule has 10 heteroatoms. The molecule has 0 aliphatic rings. The van der Waals surface area contributed by atoms with Gasteiger partial charge in [-0.05, 0) is 47.5 Å². The first kappa shape index (κ1) is 31.9. The Bertz CT molecular complexity index is 1380.